The van der Waals surface area contributed by atoms with Gasteiger partial charge in [0.2, 0.25) is 12.3 Å². The molecule has 1 atom stereocenters. The number of carbonyl (C=O) groups is 1. The number of hydrogen-bond donors (Lipinski definition) is 1. The molecule has 0 aliphatic carbocycles. The molecule has 6 nitrogen and oxygen atoms in total. The molecule has 2 aromatic rings. The topological polar surface area (TPSA) is 77.2 Å². The van der Waals surface area contributed by atoms with Crippen molar-refractivity contribution in [2.75, 3.05) is 6.54 Å². The lowest BCUT2D eigenvalue weighted by Crippen LogP contribution is -2.36. The number of nitrogens with one attached hydrogen (secondary N) is 1. The number of nitrogens with zero attached hydrogens (tertiary/aromatic N) is 2. The molecule has 1 aromatic carbocycles. The van der Waals surface area contributed by atoms with Gasteiger partial charge in [-0.05, 0) is 31.2 Å². The number of carbonyl (C=O) groups excluding carboxylic acids is 1. The van der Waals surface area contributed by atoms with Crippen molar-refractivity contribution < 1.29 is 13.9 Å². The third-order valence-electron chi connectivity index (χ3n) is 2.56. The minimum Gasteiger partial charge on any atom is -0.481 e. The lowest BCUT2D eigenvalue weighted by molar-refractivity contribution is -0.127. The van der Waals surface area contributed by atoms with Crippen LogP contribution in [0.1, 0.15) is 6.92 Å². The van der Waals surface area contributed by atoms with Gasteiger partial charge in [0.15, 0.2) is 6.10 Å². The Bertz CT molecular complexity index is 564. The highest BCUT2D eigenvalue weighted by Crippen LogP contribution is 2.20. The second-order valence-corrected chi connectivity index (χ2v) is 4.06. The molecule has 104 valence electrons. The van der Waals surface area contributed by atoms with E-state index in [4.69, 9.17) is 9.15 Å². The minimum absolute atomic E-state index is 0.189. The van der Waals surface area contributed by atoms with Gasteiger partial charge in [-0.2, -0.15) is 0 Å². The van der Waals surface area contributed by atoms with E-state index >= 15 is 0 Å². The molecular formula is C14H15N3O3. The normalized spacial score (nSPS) is 11.7. The van der Waals surface area contributed by atoms with Crippen LogP contribution in [0.3, 0.4) is 0 Å². The van der Waals surface area contributed by atoms with Crippen molar-refractivity contribution in [3.05, 3.63) is 43.3 Å². The molecule has 0 saturated heterocycles. The lowest BCUT2D eigenvalue weighted by Gasteiger charge is -2.14. The molecule has 0 fully saturated rings. The Hall–Kier alpha value is -2.63. The molecule has 1 N–H and O–H groups in total. The molecule has 0 bridgehead atoms. The van der Waals surface area contributed by atoms with E-state index in [0.29, 0.717) is 18.2 Å². The first-order valence-corrected chi connectivity index (χ1v) is 6.12. The number of amides is 1. The maximum Gasteiger partial charge on any atom is 0.261 e. The van der Waals surface area contributed by atoms with E-state index < -0.39 is 6.10 Å². The van der Waals surface area contributed by atoms with Crippen LogP contribution in [0.5, 0.6) is 5.75 Å². The van der Waals surface area contributed by atoms with Crippen molar-refractivity contribution >= 4 is 5.91 Å². The summed E-state index contributed by atoms with van der Waals surface area (Å²) >= 11 is 0. The highest BCUT2D eigenvalue weighted by molar-refractivity contribution is 5.80. The molecule has 0 unspecified atom stereocenters. The second kappa shape index (κ2) is 6.51. The van der Waals surface area contributed by atoms with Crippen molar-refractivity contribution in [3.63, 3.8) is 0 Å². The summed E-state index contributed by atoms with van der Waals surface area (Å²) in [5, 5.41) is 10.1. The van der Waals surface area contributed by atoms with Gasteiger partial charge >= 0.3 is 0 Å². The molecule has 20 heavy (non-hydrogen) atoms. The van der Waals surface area contributed by atoms with Crippen molar-refractivity contribution in [2.24, 2.45) is 0 Å². The summed E-state index contributed by atoms with van der Waals surface area (Å²) in [7, 11) is 0. The number of aromatic nitrogens is 2. The van der Waals surface area contributed by atoms with Crippen LogP contribution in [0.15, 0.2) is 47.7 Å². The smallest absolute Gasteiger partial charge is 0.261 e. The highest BCUT2D eigenvalue weighted by Gasteiger charge is 2.13. The molecule has 0 radical (unpaired) electrons. The maximum atomic E-state index is 11.6. The van der Waals surface area contributed by atoms with E-state index in [-0.39, 0.29) is 5.91 Å². The Labute approximate surface area is 116 Å². The first-order chi connectivity index (χ1) is 9.70. The second-order valence-electron chi connectivity index (χ2n) is 4.06. The number of benzene rings is 1. The summed E-state index contributed by atoms with van der Waals surface area (Å²) in [4.78, 5) is 11.6. The molecular weight excluding hydrogens is 258 g/mol. The average molecular weight is 273 g/mol. The zero-order valence-electron chi connectivity index (χ0n) is 11.1. The Kier molecular flexibility index (Phi) is 4.49. The largest absolute Gasteiger partial charge is 0.481 e. The monoisotopic (exact) mass is 273 g/mol. The van der Waals surface area contributed by atoms with Gasteiger partial charge in [0.05, 0.1) is 0 Å². The summed E-state index contributed by atoms with van der Waals surface area (Å²) in [5.74, 6) is 0.841. The molecule has 0 aliphatic heterocycles. The van der Waals surface area contributed by atoms with Crippen molar-refractivity contribution in [1.29, 1.82) is 0 Å². The van der Waals surface area contributed by atoms with E-state index in [1.807, 2.05) is 0 Å². The summed E-state index contributed by atoms with van der Waals surface area (Å²) in [6.07, 6.45) is 2.31. The number of rotatable bonds is 6. The lowest BCUT2D eigenvalue weighted by atomic mass is 10.2. The van der Waals surface area contributed by atoms with Crippen LogP contribution in [0.4, 0.5) is 0 Å². The first-order valence-electron chi connectivity index (χ1n) is 6.12. The summed E-state index contributed by atoms with van der Waals surface area (Å²) in [6.45, 7) is 5.64. The predicted molar refractivity (Wildman–Crippen MR) is 73.0 cm³/mol. The van der Waals surface area contributed by atoms with Crippen molar-refractivity contribution in [1.82, 2.24) is 15.5 Å². The van der Waals surface area contributed by atoms with Crippen LogP contribution >= 0.6 is 0 Å². The van der Waals surface area contributed by atoms with E-state index in [2.05, 4.69) is 22.1 Å². The van der Waals surface area contributed by atoms with E-state index in [1.54, 1.807) is 37.3 Å². The van der Waals surface area contributed by atoms with Crippen LogP contribution in [-0.2, 0) is 4.79 Å². The van der Waals surface area contributed by atoms with Crippen LogP contribution < -0.4 is 10.1 Å². The van der Waals surface area contributed by atoms with E-state index in [1.165, 1.54) is 6.39 Å². The number of hydrogen-bond acceptors (Lipinski definition) is 5. The van der Waals surface area contributed by atoms with Crippen LogP contribution in [-0.4, -0.2) is 28.8 Å². The average Bonchev–Trinajstić information content (AvgIpc) is 2.99. The summed E-state index contributed by atoms with van der Waals surface area (Å²) in [5.41, 5.74) is 0.790. The summed E-state index contributed by atoms with van der Waals surface area (Å²) in [6, 6.07) is 7.07. The Morgan fingerprint density at radius 1 is 1.50 bits per heavy atom. The van der Waals surface area contributed by atoms with Crippen LogP contribution in [0.25, 0.3) is 11.5 Å². The third-order valence-corrected chi connectivity index (χ3v) is 2.56. The molecule has 2 rings (SSSR count). The van der Waals surface area contributed by atoms with E-state index in [9.17, 15) is 4.79 Å². The predicted octanol–water partition coefficient (Wildman–Crippen LogP) is 1.81. The zero-order valence-corrected chi connectivity index (χ0v) is 11.1. The summed E-state index contributed by atoms with van der Waals surface area (Å²) < 4.78 is 10.6. The quantitative estimate of drug-likeness (QED) is 0.812. The fraction of sp³-hybridized carbons (Fsp3) is 0.214. The SMILES string of the molecule is C=CCNC(=O)[C@@H](C)Oc1ccc(-c2nnco2)cc1. The van der Waals surface area contributed by atoms with Crippen LogP contribution in [0.2, 0.25) is 0 Å². The molecule has 1 aromatic heterocycles. The molecule has 0 spiro atoms. The molecule has 0 aliphatic rings. The third kappa shape index (κ3) is 3.44. The minimum atomic E-state index is -0.579. The van der Waals surface area contributed by atoms with E-state index in [0.717, 1.165) is 5.56 Å². The van der Waals surface area contributed by atoms with Gasteiger partial charge in [0, 0.05) is 12.1 Å². The highest BCUT2D eigenvalue weighted by atomic mass is 16.5. The molecule has 0 saturated carbocycles. The fourth-order valence-corrected chi connectivity index (χ4v) is 1.55. The van der Waals surface area contributed by atoms with Gasteiger partial charge in [0.1, 0.15) is 5.75 Å². The van der Waals surface area contributed by atoms with Crippen molar-refractivity contribution in [2.45, 2.75) is 13.0 Å². The Balaban J connectivity index is 1.97. The van der Waals surface area contributed by atoms with Gasteiger partial charge in [-0.1, -0.05) is 6.08 Å². The van der Waals surface area contributed by atoms with Gasteiger partial charge in [-0.3, -0.25) is 4.79 Å². The van der Waals surface area contributed by atoms with Gasteiger partial charge in [-0.25, -0.2) is 0 Å². The standard InChI is InChI=1S/C14H15N3O3/c1-3-8-15-13(18)10(2)20-12-6-4-11(5-7-12)14-17-16-9-19-14/h3-7,9-10H,1,8H2,2H3,(H,15,18)/t10-/m1/s1. The Morgan fingerprint density at radius 2 is 2.25 bits per heavy atom. The van der Waals surface area contributed by atoms with Gasteiger partial charge in [-0.15, -0.1) is 16.8 Å². The first kappa shape index (κ1) is 13.8. The Morgan fingerprint density at radius 3 is 2.85 bits per heavy atom. The number of ether oxygens (including phenoxy) is 1. The van der Waals surface area contributed by atoms with Crippen LogP contribution in [0, 0.1) is 0 Å². The molecule has 6 heteroatoms. The zero-order chi connectivity index (χ0) is 14.4. The fourth-order valence-electron chi connectivity index (χ4n) is 1.55. The van der Waals surface area contributed by atoms with Gasteiger partial charge in [0.25, 0.3) is 5.91 Å². The molecule has 1 amide bonds. The van der Waals surface area contributed by atoms with Crippen molar-refractivity contribution in [3.8, 4) is 17.2 Å². The molecule has 1 heterocycles. The maximum absolute atomic E-state index is 11.6. The van der Waals surface area contributed by atoms with Gasteiger partial charge < -0.3 is 14.5 Å².